The highest BCUT2D eigenvalue weighted by Crippen LogP contribution is 2.12. The molecule has 0 atom stereocenters. The van der Waals surface area contributed by atoms with Crippen molar-refractivity contribution in [3.8, 4) is 0 Å². The molecule has 0 radical (unpaired) electrons. The van der Waals surface area contributed by atoms with E-state index in [9.17, 15) is 0 Å². The van der Waals surface area contributed by atoms with Gasteiger partial charge in [0.2, 0.25) is 0 Å². The third-order valence-electron chi connectivity index (χ3n) is 1.63. The Balaban J connectivity index is 5.13. The van der Waals surface area contributed by atoms with Gasteiger partial charge in [-0.25, -0.2) is 0 Å². The van der Waals surface area contributed by atoms with Crippen molar-refractivity contribution >= 4 is 6.21 Å². The Morgan fingerprint density at radius 3 is 2.06 bits per heavy atom. The molecule has 0 unspecified atom stereocenters. The Hall–Kier alpha value is -2.15. The standard InChI is InChI=1S/C15H17N/c1-5-9-10-12-14(8-4)15(11-6-2)16-13-7-3/h5-13H,1-4H2/b10-9-,14-12+,15-11-,16-13-. The van der Waals surface area contributed by atoms with E-state index in [-0.39, 0.29) is 0 Å². The minimum absolute atomic E-state index is 0.790. The van der Waals surface area contributed by atoms with Gasteiger partial charge in [0.05, 0.1) is 5.70 Å². The second kappa shape index (κ2) is 9.41. The first-order valence-corrected chi connectivity index (χ1v) is 4.90. The van der Waals surface area contributed by atoms with Gasteiger partial charge < -0.3 is 0 Å². The molecule has 0 amide bonds. The maximum absolute atomic E-state index is 4.23. The number of hydrogen-bond donors (Lipinski definition) is 0. The highest BCUT2D eigenvalue weighted by molar-refractivity contribution is 5.72. The van der Waals surface area contributed by atoms with Crippen LogP contribution in [0.25, 0.3) is 0 Å². The molecule has 1 heteroatoms. The van der Waals surface area contributed by atoms with E-state index >= 15 is 0 Å². The number of nitrogens with zero attached hydrogens (tertiary/aromatic N) is 1. The molecule has 0 N–H and O–H groups in total. The zero-order valence-corrected chi connectivity index (χ0v) is 9.47. The average Bonchev–Trinajstić information content (AvgIpc) is 2.31. The largest absolute Gasteiger partial charge is 0.256 e. The highest BCUT2D eigenvalue weighted by atomic mass is 14.7. The first-order chi connectivity index (χ1) is 7.79. The number of hydrogen-bond acceptors (Lipinski definition) is 1. The second-order valence-corrected chi connectivity index (χ2v) is 2.75. The molecular formula is C15H17N. The zero-order chi connectivity index (χ0) is 12.2. The molecule has 0 saturated heterocycles. The summed E-state index contributed by atoms with van der Waals surface area (Å²) in [5, 5.41) is 0. The van der Waals surface area contributed by atoms with Crippen molar-refractivity contribution in [1.29, 1.82) is 0 Å². The Morgan fingerprint density at radius 2 is 1.56 bits per heavy atom. The molecule has 0 aromatic heterocycles. The topological polar surface area (TPSA) is 12.4 Å². The normalized spacial score (nSPS) is 13.0. The summed E-state index contributed by atoms with van der Waals surface area (Å²) in [5.74, 6) is 0. The minimum atomic E-state index is 0.790. The molecule has 1 nitrogen and oxygen atoms in total. The molecule has 0 aliphatic rings. The average molecular weight is 211 g/mol. The van der Waals surface area contributed by atoms with Crippen LogP contribution in [0.3, 0.4) is 0 Å². The summed E-state index contributed by atoms with van der Waals surface area (Å²) in [5.41, 5.74) is 1.70. The van der Waals surface area contributed by atoms with Crippen LogP contribution in [-0.4, -0.2) is 6.21 Å². The van der Waals surface area contributed by atoms with Gasteiger partial charge >= 0.3 is 0 Å². The number of rotatable bonds is 7. The summed E-state index contributed by atoms with van der Waals surface area (Å²) in [6.07, 6.45) is 15.8. The minimum Gasteiger partial charge on any atom is -0.256 e. The lowest BCUT2D eigenvalue weighted by atomic mass is 10.1. The summed E-state index contributed by atoms with van der Waals surface area (Å²) < 4.78 is 0. The quantitative estimate of drug-likeness (QED) is 0.443. The summed E-state index contributed by atoms with van der Waals surface area (Å²) in [4.78, 5) is 4.23. The van der Waals surface area contributed by atoms with Crippen LogP contribution >= 0.6 is 0 Å². The smallest absolute Gasteiger partial charge is 0.0701 e. The molecule has 0 aromatic rings. The van der Waals surface area contributed by atoms with Crippen LogP contribution in [-0.2, 0) is 0 Å². The number of allylic oxidation sites excluding steroid dienone is 8. The maximum Gasteiger partial charge on any atom is 0.0701 e. The fourth-order valence-corrected chi connectivity index (χ4v) is 0.954. The van der Waals surface area contributed by atoms with Crippen molar-refractivity contribution in [3.63, 3.8) is 0 Å². The van der Waals surface area contributed by atoms with E-state index in [4.69, 9.17) is 0 Å². The lowest BCUT2D eigenvalue weighted by Gasteiger charge is -2.00. The summed E-state index contributed by atoms with van der Waals surface area (Å²) in [6.45, 7) is 14.6. The van der Waals surface area contributed by atoms with Crippen LogP contribution < -0.4 is 0 Å². The molecule has 0 bridgehead atoms. The molecule has 0 heterocycles. The van der Waals surface area contributed by atoms with Crippen LogP contribution in [0.5, 0.6) is 0 Å². The predicted molar refractivity (Wildman–Crippen MR) is 74.6 cm³/mol. The van der Waals surface area contributed by atoms with Crippen LogP contribution in [0, 0.1) is 0 Å². The lowest BCUT2D eigenvalue weighted by Crippen LogP contribution is -1.83. The van der Waals surface area contributed by atoms with E-state index in [0.717, 1.165) is 11.3 Å². The third-order valence-corrected chi connectivity index (χ3v) is 1.63. The monoisotopic (exact) mass is 211 g/mol. The van der Waals surface area contributed by atoms with Gasteiger partial charge in [-0.3, -0.25) is 4.99 Å². The van der Waals surface area contributed by atoms with Crippen LogP contribution in [0.15, 0.2) is 91.2 Å². The van der Waals surface area contributed by atoms with Crippen molar-refractivity contribution in [2.24, 2.45) is 4.99 Å². The molecule has 0 spiro atoms. The zero-order valence-electron chi connectivity index (χ0n) is 9.47. The van der Waals surface area contributed by atoms with Gasteiger partial charge in [0.15, 0.2) is 0 Å². The van der Waals surface area contributed by atoms with Gasteiger partial charge in [-0.15, -0.1) is 0 Å². The van der Waals surface area contributed by atoms with Crippen LogP contribution in [0.1, 0.15) is 0 Å². The Kier molecular flexibility index (Phi) is 8.14. The van der Waals surface area contributed by atoms with E-state index in [2.05, 4.69) is 31.3 Å². The van der Waals surface area contributed by atoms with Gasteiger partial charge in [0, 0.05) is 6.21 Å². The van der Waals surface area contributed by atoms with E-state index < -0.39 is 0 Å². The number of aliphatic imine (C=N–C) groups is 1. The van der Waals surface area contributed by atoms with Gasteiger partial charge in [0.1, 0.15) is 0 Å². The van der Waals surface area contributed by atoms with Crippen molar-refractivity contribution in [3.05, 3.63) is 86.2 Å². The Labute approximate surface area is 97.9 Å². The third kappa shape index (κ3) is 5.55. The van der Waals surface area contributed by atoms with Crippen molar-refractivity contribution in [1.82, 2.24) is 0 Å². The van der Waals surface area contributed by atoms with Gasteiger partial charge in [-0.1, -0.05) is 68.8 Å². The molecule has 16 heavy (non-hydrogen) atoms. The van der Waals surface area contributed by atoms with Crippen molar-refractivity contribution in [2.45, 2.75) is 0 Å². The SMILES string of the molecule is C=C\C=C/C=C(C=C)/C(=C/C=C)/N=C\C=C. The van der Waals surface area contributed by atoms with Crippen LogP contribution in [0.4, 0.5) is 0 Å². The fraction of sp³-hybridized carbons (Fsp3) is 0. The first kappa shape index (κ1) is 13.8. The van der Waals surface area contributed by atoms with Crippen molar-refractivity contribution in [2.75, 3.05) is 0 Å². The molecule has 0 aromatic carbocycles. The predicted octanol–water partition coefficient (Wildman–Crippen LogP) is 4.17. The molecule has 0 saturated carbocycles. The molecule has 82 valence electrons. The molecule has 0 fully saturated rings. The Bertz CT molecular complexity index is 376. The van der Waals surface area contributed by atoms with Crippen LogP contribution in [0.2, 0.25) is 0 Å². The summed E-state index contributed by atoms with van der Waals surface area (Å²) in [7, 11) is 0. The molecule has 0 aliphatic heterocycles. The molecule has 0 rings (SSSR count). The van der Waals surface area contributed by atoms with Gasteiger partial charge in [-0.2, -0.15) is 0 Å². The van der Waals surface area contributed by atoms with Gasteiger partial charge in [-0.05, 0) is 11.6 Å². The lowest BCUT2D eigenvalue weighted by molar-refractivity contribution is 1.36. The van der Waals surface area contributed by atoms with Gasteiger partial charge in [0.25, 0.3) is 0 Å². The van der Waals surface area contributed by atoms with E-state index in [1.54, 1.807) is 30.5 Å². The fourth-order valence-electron chi connectivity index (χ4n) is 0.954. The Morgan fingerprint density at radius 1 is 0.812 bits per heavy atom. The van der Waals surface area contributed by atoms with E-state index in [1.165, 1.54) is 0 Å². The molecule has 0 aliphatic carbocycles. The maximum atomic E-state index is 4.23. The summed E-state index contributed by atoms with van der Waals surface area (Å²) >= 11 is 0. The highest BCUT2D eigenvalue weighted by Gasteiger charge is 1.95. The molecular weight excluding hydrogens is 194 g/mol. The second-order valence-electron chi connectivity index (χ2n) is 2.75. The van der Waals surface area contributed by atoms with Crippen molar-refractivity contribution < 1.29 is 0 Å². The first-order valence-electron chi connectivity index (χ1n) is 4.90. The summed E-state index contributed by atoms with van der Waals surface area (Å²) in [6, 6.07) is 0. The van der Waals surface area contributed by atoms with E-state index in [0.29, 0.717) is 0 Å². The van der Waals surface area contributed by atoms with E-state index in [1.807, 2.05) is 24.3 Å².